The molecule has 0 spiro atoms. The van der Waals surface area contributed by atoms with Crippen molar-refractivity contribution in [1.82, 2.24) is 9.88 Å². The average Bonchev–Trinajstić information content (AvgIpc) is 2.47. The number of pyridine rings is 1. The Kier molecular flexibility index (Phi) is 6.08. The number of rotatable bonds is 7. The van der Waals surface area contributed by atoms with Gasteiger partial charge in [0.15, 0.2) is 0 Å². The third-order valence-corrected chi connectivity index (χ3v) is 3.48. The number of nitro groups is 1. The highest BCUT2D eigenvalue weighted by Crippen LogP contribution is 2.23. The number of carbonyl (C=O) groups excluding carboxylic acids is 1. The van der Waals surface area contributed by atoms with Crippen LogP contribution in [-0.4, -0.2) is 40.3 Å². The average molecular weight is 294 g/mol. The molecule has 7 nitrogen and oxygen atoms in total. The Bertz CT molecular complexity index is 515. The lowest BCUT2D eigenvalue weighted by Gasteiger charge is -2.26. The predicted octanol–water partition coefficient (Wildman–Crippen LogP) is 2.68. The molecule has 0 unspecified atom stereocenters. The van der Waals surface area contributed by atoms with Crippen LogP contribution in [0.3, 0.4) is 0 Å². The van der Waals surface area contributed by atoms with Crippen LogP contribution in [0.25, 0.3) is 0 Å². The fourth-order valence-electron chi connectivity index (χ4n) is 2.23. The van der Waals surface area contributed by atoms with E-state index in [0.29, 0.717) is 12.4 Å². The Morgan fingerprint density at radius 3 is 2.52 bits per heavy atom. The Labute approximate surface area is 124 Å². The molecule has 116 valence electrons. The van der Waals surface area contributed by atoms with Crippen molar-refractivity contribution < 1.29 is 9.72 Å². The third-order valence-electron chi connectivity index (χ3n) is 3.48. The number of carbonyl (C=O) groups is 1. The van der Waals surface area contributed by atoms with Crippen LogP contribution < -0.4 is 5.32 Å². The molecule has 0 aliphatic rings. The van der Waals surface area contributed by atoms with Crippen LogP contribution in [0.5, 0.6) is 0 Å². The lowest BCUT2D eigenvalue weighted by atomic mass is 10.1. The van der Waals surface area contributed by atoms with Crippen molar-refractivity contribution in [2.24, 2.45) is 0 Å². The molecule has 0 atom stereocenters. The lowest BCUT2D eigenvalue weighted by Crippen LogP contribution is -2.36. The molecule has 1 amide bonds. The van der Waals surface area contributed by atoms with Crippen molar-refractivity contribution in [2.75, 3.05) is 18.9 Å². The quantitative estimate of drug-likeness (QED) is 0.617. The zero-order valence-electron chi connectivity index (χ0n) is 12.9. The molecule has 0 aliphatic heterocycles. The number of nitrogens with one attached hydrogen (secondary N) is 1. The van der Waals surface area contributed by atoms with E-state index in [0.717, 1.165) is 19.0 Å². The number of aromatic nitrogens is 1. The van der Waals surface area contributed by atoms with Crippen LogP contribution in [0.15, 0.2) is 12.3 Å². The van der Waals surface area contributed by atoms with E-state index < -0.39 is 4.92 Å². The van der Waals surface area contributed by atoms with Crippen LogP contribution in [-0.2, 0) is 0 Å². The Balaban J connectivity index is 3.21. The summed E-state index contributed by atoms with van der Waals surface area (Å²) in [5, 5.41) is 14.1. The number of hydrogen-bond acceptors (Lipinski definition) is 5. The minimum Gasteiger partial charge on any atom is -0.370 e. The summed E-state index contributed by atoms with van der Waals surface area (Å²) in [6.07, 6.45) is 2.74. The topological polar surface area (TPSA) is 88.4 Å². The van der Waals surface area contributed by atoms with Gasteiger partial charge in [0.1, 0.15) is 17.6 Å². The van der Waals surface area contributed by atoms with Gasteiger partial charge in [-0.3, -0.25) is 14.9 Å². The summed E-state index contributed by atoms with van der Waals surface area (Å²) in [6, 6.07) is 1.51. The summed E-state index contributed by atoms with van der Waals surface area (Å²) in [7, 11) is 1.68. The predicted molar refractivity (Wildman–Crippen MR) is 81.5 cm³/mol. The molecule has 0 saturated heterocycles. The van der Waals surface area contributed by atoms with E-state index >= 15 is 0 Å². The van der Waals surface area contributed by atoms with Crippen LogP contribution >= 0.6 is 0 Å². The first kappa shape index (κ1) is 16.9. The molecular formula is C14H22N4O3. The molecule has 1 heterocycles. The summed E-state index contributed by atoms with van der Waals surface area (Å²) in [5.74, 6) is 0.112. The van der Waals surface area contributed by atoms with Crippen LogP contribution in [0, 0.1) is 10.1 Å². The minimum absolute atomic E-state index is 0.0628. The molecule has 0 saturated carbocycles. The van der Waals surface area contributed by atoms with Crippen LogP contribution in [0.4, 0.5) is 11.5 Å². The summed E-state index contributed by atoms with van der Waals surface area (Å²) < 4.78 is 0. The molecule has 0 aromatic carbocycles. The van der Waals surface area contributed by atoms with Gasteiger partial charge in [0, 0.05) is 25.7 Å². The van der Waals surface area contributed by atoms with E-state index in [1.165, 1.54) is 6.07 Å². The fourth-order valence-corrected chi connectivity index (χ4v) is 2.23. The van der Waals surface area contributed by atoms with Gasteiger partial charge < -0.3 is 10.2 Å². The molecule has 0 radical (unpaired) electrons. The molecule has 0 fully saturated rings. The first-order valence-corrected chi connectivity index (χ1v) is 7.11. The highest BCUT2D eigenvalue weighted by atomic mass is 16.6. The van der Waals surface area contributed by atoms with Gasteiger partial charge in [-0.05, 0) is 19.8 Å². The smallest absolute Gasteiger partial charge is 0.300 e. The second-order valence-corrected chi connectivity index (χ2v) is 4.76. The number of amides is 1. The monoisotopic (exact) mass is 294 g/mol. The molecule has 1 N–H and O–H groups in total. The number of anilines is 1. The van der Waals surface area contributed by atoms with Gasteiger partial charge in [0.25, 0.3) is 11.6 Å². The second kappa shape index (κ2) is 7.56. The van der Waals surface area contributed by atoms with E-state index in [1.54, 1.807) is 11.9 Å². The molecule has 0 aliphatic carbocycles. The van der Waals surface area contributed by atoms with Crippen molar-refractivity contribution in [3.63, 3.8) is 0 Å². The van der Waals surface area contributed by atoms with Gasteiger partial charge in [-0.2, -0.15) is 0 Å². The maximum absolute atomic E-state index is 12.6. The molecule has 0 bridgehead atoms. The van der Waals surface area contributed by atoms with Crippen molar-refractivity contribution in [2.45, 2.75) is 39.7 Å². The second-order valence-electron chi connectivity index (χ2n) is 4.76. The van der Waals surface area contributed by atoms with Crippen molar-refractivity contribution in [1.29, 1.82) is 0 Å². The SMILES string of the molecule is CCNc1cc(C(=O)N(C)C(CC)CC)c([N+](=O)[O-])cn1. The van der Waals surface area contributed by atoms with E-state index in [1.807, 2.05) is 20.8 Å². The molecule has 1 aromatic rings. The number of nitrogens with zero attached hydrogens (tertiary/aromatic N) is 3. The van der Waals surface area contributed by atoms with Crippen molar-refractivity contribution in [3.8, 4) is 0 Å². The summed E-state index contributed by atoms with van der Waals surface area (Å²) in [6.45, 7) is 6.49. The van der Waals surface area contributed by atoms with Crippen molar-refractivity contribution in [3.05, 3.63) is 27.9 Å². The molecule has 1 rings (SSSR count). The van der Waals surface area contributed by atoms with Gasteiger partial charge in [-0.15, -0.1) is 0 Å². The van der Waals surface area contributed by atoms with Gasteiger partial charge >= 0.3 is 0 Å². The molecule has 1 aromatic heterocycles. The van der Waals surface area contributed by atoms with E-state index in [2.05, 4.69) is 10.3 Å². The highest BCUT2D eigenvalue weighted by molar-refractivity contribution is 5.98. The summed E-state index contributed by atoms with van der Waals surface area (Å²) in [5.41, 5.74) is -0.195. The van der Waals surface area contributed by atoms with Gasteiger partial charge in [0.05, 0.1) is 4.92 Å². The highest BCUT2D eigenvalue weighted by Gasteiger charge is 2.26. The molecule has 7 heteroatoms. The number of hydrogen-bond donors (Lipinski definition) is 1. The van der Waals surface area contributed by atoms with Crippen LogP contribution in [0.1, 0.15) is 44.0 Å². The maximum atomic E-state index is 12.6. The van der Waals surface area contributed by atoms with Crippen LogP contribution in [0.2, 0.25) is 0 Å². The zero-order chi connectivity index (χ0) is 16.0. The first-order valence-electron chi connectivity index (χ1n) is 7.11. The summed E-state index contributed by atoms with van der Waals surface area (Å²) in [4.78, 5) is 28.6. The summed E-state index contributed by atoms with van der Waals surface area (Å²) >= 11 is 0. The largest absolute Gasteiger partial charge is 0.370 e. The Hall–Kier alpha value is -2.18. The standard InChI is InChI=1S/C14H22N4O3/c1-5-10(6-2)17(4)14(19)11-8-13(15-7-3)16-9-12(11)18(20)21/h8-10H,5-7H2,1-4H3,(H,15,16). The fraction of sp³-hybridized carbons (Fsp3) is 0.571. The van der Waals surface area contributed by atoms with Gasteiger partial charge in [-0.1, -0.05) is 13.8 Å². The van der Waals surface area contributed by atoms with E-state index in [4.69, 9.17) is 0 Å². The molecular weight excluding hydrogens is 272 g/mol. The van der Waals surface area contributed by atoms with Gasteiger partial charge in [-0.25, -0.2) is 4.98 Å². The minimum atomic E-state index is -0.573. The lowest BCUT2D eigenvalue weighted by molar-refractivity contribution is -0.385. The van der Waals surface area contributed by atoms with E-state index in [9.17, 15) is 14.9 Å². The molecule has 21 heavy (non-hydrogen) atoms. The van der Waals surface area contributed by atoms with Gasteiger partial charge in [0.2, 0.25) is 0 Å². The van der Waals surface area contributed by atoms with Crippen molar-refractivity contribution >= 4 is 17.4 Å². The Morgan fingerprint density at radius 2 is 2.05 bits per heavy atom. The van der Waals surface area contributed by atoms with E-state index in [-0.39, 0.29) is 23.2 Å². The maximum Gasteiger partial charge on any atom is 0.300 e. The normalized spacial score (nSPS) is 10.5. The Morgan fingerprint density at radius 1 is 1.43 bits per heavy atom. The zero-order valence-corrected chi connectivity index (χ0v) is 12.9. The first-order chi connectivity index (χ1) is 9.96. The third kappa shape index (κ3) is 3.90.